The summed E-state index contributed by atoms with van der Waals surface area (Å²) in [5.74, 6) is 1.72. The lowest BCUT2D eigenvalue weighted by atomic mass is 10.0. The minimum Gasteiger partial charge on any atom is -0.321 e. The molecule has 4 nitrogen and oxygen atoms in total. The summed E-state index contributed by atoms with van der Waals surface area (Å²) in [6, 6.07) is 8.61. The first kappa shape index (κ1) is 11.4. The van der Waals surface area contributed by atoms with Gasteiger partial charge >= 0.3 is 0 Å². The fourth-order valence-corrected chi connectivity index (χ4v) is 2.52. The maximum Gasteiger partial charge on any atom is 0.181 e. The van der Waals surface area contributed by atoms with Gasteiger partial charge in [-0.15, -0.1) is 0 Å². The highest BCUT2D eigenvalue weighted by atomic mass is 15.4. The third kappa shape index (κ3) is 1.73. The molecule has 2 N–H and O–H groups in total. The summed E-state index contributed by atoms with van der Waals surface area (Å²) in [4.78, 5) is 4.64. The maximum absolute atomic E-state index is 6.11. The van der Waals surface area contributed by atoms with Crippen molar-refractivity contribution in [3.63, 3.8) is 0 Å². The van der Waals surface area contributed by atoms with E-state index in [2.05, 4.69) is 36.1 Å². The molecular weight excluding hydrogens is 224 g/mol. The molecule has 2 heterocycles. The van der Waals surface area contributed by atoms with Crippen LogP contribution in [0.1, 0.15) is 43.2 Å². The molecule has 2 atom stereocenters. The highest BCUT2D eigenvalue weighted by Gasteiger charge is 2.26. The zero-order valence-corrected chi connectivity index (χ0v) is 10.8. The van der Waals surface area contributed by atoms with Crippen LogP contribution in [0.2, 0.25) is 0 Å². The lowest BCUT2D eigenvalue weighted by Gasteiger charge is -2.23. The molecule has 1 aliphatic heterocycles. The van der Waals surface area contributed by atoms with Gasteiger partial charge in [0.25, 0.3) is 0 Å². The van der Waals surface area contributed by atoms with Crippen LogP contribution in [0.25, 0.3) is 11.4 Å². The van der Waals surface area contributed by atoms with E-state index in [1.54, 1.807) is 0 Å². The summed E-state index contributed by atoms with van der Waals surface area (Å²) in [5.41, 5.74) is 8.41. The molecule has 2 aromatic rings. The Bertz CT molecular complexity index is 545. The normalized spacial score (nSPS) is 22.8. The first-order valence-electron chi connectivity index (χ1n) is 6.45. The van der Waals surface area contributed by atoms with E-state index in [0.29, 0.717) is 6.04 Å². The molecule has 1 aromatic heterocycles. The van der Waals surface area contributed by atoms with Crippen molar-refractivity contribution >= 4 is 0 Å². The smallest absolute Gasteiger partial charge is 0.181 e. The predicted octanol–water partition coefficient (Wildman–Crippen LogP) is 2.61. The second-order valence-electron chi connectivity index (χ2n) is 5.09. The lowest BCUT2D eigenvalue weighted by molar-refractivity contribution is 0.350. The molecule has 0 fully saturated rings. The Hall–Kier alpha value is -1.68. The van der Waals surface area contributed by atoms with Gasteiger partial charge < -0.3 is 5.73 Å². The molecule has 2 unspecified atom stereocenters. The van der Waals surface area contributed by atoms with Crippen LogP contribution in [0.3, 0.4) is 0 Å². The van der Waals surface area contributed by atoms with Gasteiger partial charge in [0.05, 0.1) is 12.1 Å². The number of nitrogens with zero attached hydrogens (tertiary/aromatic N) is 3. The van der Waals surface area contributed by atoms with Crippen LogP contribution in [0.4, 0.5) is 0 Å². The van der Waals surface area contributed by atoms with Gasteiger partial charge in [-0.1, -0.05) is 24.3 Å². The van der Waals surface area contributed by atoms with Crippen molar-refractivity contribution in [2.45, 2.75) is 38.8 Å². The second kappa shape index (κ2) is 4.21. The summed E-state index contributed by atoms with van der Waals surface area (Å²) in [6.45, 7) is 4.25. The van der Waals surface area contributed by atoms with E-state index < -0.39 is 0 Å². The van der Waals surface area contributed by atoms with Crippen LogP contribution in [-0.4, -0.2) is 14.8 Å². The topological polar surface area (TPSA) is 56.7 Å². The van der Waals surface area contributed by atoms with Crippen molar-refractivity contribution in [1.82, 2.24) is 14.8 Å². The van der Waals surface area contributed by atoms with Crippen molar-refractivity contribution < 1.29 is 0 Å². The van der Waals surface area contributed by atoms with E-state index in [1.807, 2.05) is 16.8 Å². The zero-order valence-electron chi connectivity index (χ0n) is 10.8. The first-order valence-corrected chi connectivity index (χ1v) is 6.45. The number of aromatic nitrogens is 3. The number of hydrogen-bond donors (Lipinski definition) is 1. The number of hydrogen-bond acceptors (Lipinski definition) is 3. The highest BCUT2D eigenvalue weighted by Crippen LogP contribution is 2.30. The Morgan fingerprint density at radius 3 is 2.78 bits per heavy atom. The van der Waals surface area contributed by atoms with E-state index in [4.69, 9.17) is 5.73 Å². The monoisotopic (exact) mass is 242 g/mol. The number of aryl methyl sites for hydroxylation is 1. The standard InChI is InChI=1S/C14H18N4/c1-9-5-3-4-6-11(9)13-16-14-12(15)8-7-10(2)18(14)17-13/h3-6,10,12H,7-8,15H2,1-2H3. The summed E-state index contributed by atoms with van der Waals surface area (Å²) < 4.78 is 2.00. The number of rotatable bonds is 1. The van der Waals surface area contributed by atoms with Gasteiger partial charge in [0.1, 0.15) is 5.82 Å². The fourth-order valence-electron chi connectivity index (χ4n) is 2.52. The average Bonchev–Trinajstić information content (AvgIpc) is 2.80. The highest BCUT2D eigenvalue weighted by molar-refractivity contribution is 5.59. The first-order chi connectivity index (χ1) is 8.66. The van der Waals surface area contributed by atoms with Gasteiger partial charge in [-0.05, 0) is 32.3 Å². The molecule has 0 radical (unpaired) electrons. The largest absolute Gasteiger partial charge is 0.321 e. The minimum absolute atomic E-state index is 0.0199. The summed E-state index contributed by atoms with van der Waals surface area (Å²) >= 11 is 0. The van der Waals surface area contributed by atoms with Gasteiger partial charge in [0.2, 0.25) is 0 Å². The summed E-state index contributed by atoms with van der Waals surface area (Å²) in [6.07, 6.45) is 2.07. The van der Waals surface area contributed by atoms with E-state index in [1.165, 1.54) is 5.56 Å². The summed E-state index contributed by atoms with van der Waals surface area (Å²) in [5, 5.41) is 4.64. The fraction of sp³-hybridized carbons (Fsp3) is 0.429. The van der Waals surface area contributed by atoms with Gasteiger partial charge in [-0.3, -0.25) is 0 Å². The van der Waals surface area contributed by atoms with Crippen LogP contribution in [0.5, 0.6) is 0 Å². The average molecular weight is 242 g/mol. The van der Waals surface area contributed by atoms with Crippen LogP contribution in [-0.2, 0) is 0 Å². The Labute approximate surface area is 107 Å². The molecule has 18 heavy (non-hydrogen) atoms. The molecule has 0 saturated carbocycles. The third-order valence-corrected chi connectivity index (χ3v) is 3.69. The zero-order chi connectivity index (χ0) is 12.7. The molecule has 94 valence electrons. The van der Waals surface area contributed by atoms with Crippen LogP contribution >= 0.6 is 0 Å². The van der Waals surface area contributed by atoms with Gasteiger partial charge in [-0.25, -0.2) is 9.67 Å². The van der Waals surface area contributed by atoms with Crippen molar-refractivity contribution in [2.75, 3.05) is 0 Å². The predicted molar refractivity (Wildman–Crippen MR) is 71.1 cm³/mol. The molecule has 0 aliphatic carbocycles. The second-order valence-corrected chi connectivity index (χ2v) is 5.09. The van der Waals surface area contributed by atoms with Crippen LogP contribution < -0.4 is 5.73 Å². The van der Waals surface area contributed by atoms with Gasteiger partial charge in [0, 0.05) is 5.56 Å². The molecule has 4 heteroatoms. The van der Waals surface area contributed by atoms with E-state index in [0.717, 1.165) is 30.1 Å². The van der Waals surface area contributed by atoms with Crippen LogP contribution in [0.15, 0.2) is 24.3 Å². The van der Waals surface area contributed by atoms with Gasteiger partial charge in [-0.2, -0.15) is 5.10 Å². The number of nitrogens with two attached hydrogens (primary N) is 1. The molecule has 0 saturated heterocycles. The van der Waals surface area contributed by atoms with Gasteiger partial charge in [0.15, 0.2) is 5.82 Å². The molecule has 0 amide bonds. The van der Waals surface area contributed by atoms with Crippen molar-refractivity contribution in [1.29, 1.82) is 0 Å². The quantitative estimate of drug-likeness (QED) is 0.836. The Morgan fingerprint density at radius 2 is 2.06 bits per heavy atom. The molecule has 0 spiro atoms. The lowest BCUT2D eigenvalue weighted by Crippen LogP contribution is -2.25. The molecule has 0 bridgehead atoms. The Morgan fingerprint density at radius 1 is 1.28 bits per heavy atom. The molecular formula is C14H18N4. The Kier molecular flexibility index (Phi) is 2.67. The van der Waals surface area contributed by atoms with Crippen molar-refractivity contribution in [2.24, 2.45) is 5.73 Å². The SMILES string of the molecule is Cc1ccccc1-c1nc2n(n1)C(C)CCC2N. The number of benzene rings is 1. The Balaban J connectivity index is 2.11. The third-order valence-electron chi connectivity index (χ3n) is 3.69. The van der Waals surface area contributed by atoms with Crippen molar-refractivity contribution in [3.8, 4) is 11.4 Å². The number of fused-ring (bicyclic) bond motifs is 1. The van der Waals surface area contributed by atoms with E-state index in [-0.39, 0.29) is 6.04 Å². The maximum atomic E-state index is 6.11. The summed E-state index contributed by atoms with van der Waals surface area (Å²) in [7, 11) is 0. The molecule has 1 aliphatic rings. The van der Waals surface area contributed by atoms with E-state index >= 15 is 0 Å². The minimum atomic E-state index is 0.0199. The van der Waals surface area contributed by atoms with E-state index in [9.17, 15) is 0 Å². The van der Waals surface area contributed by atoms with Crippen LogP contribution in [0, 0.1) is 6.92 Å². The molecule has 3 rings (SSSR count). The molecule has 1 aromatic carbocycles. The van der Waals surface area contributed by atoms with Crippen molar-refractivity contribution in [3.05, 3.63) is 35.7 Å².